The zero-order valence-corrected chi connectivity index (χ0v) is 10.9. The van der Waals surface area contributed by atoms with Crippen molar-refractivity contribution >= 4 is 11.6 Å². The van der Waals surface area contributed by atoms with Crippen LogP contribution in [-0.2, 0) is 13.6 Å². The lowest BCUT2D eigenvalue weighted by Gasteiger charge is -2.10. The fourth-order valence-corrected chi connectivity index (χ4v) is 1.57. The van der Waals surface area contributed by atoms with Crippen LogP contribution in [0, 0.1) is 0 Å². The lowest BCUT2D eigenvalue weighted by atomic mass is 10.2. The summed E-state index contributed by atoms with van der Waals surface area (Å²) < 4.78 is 1.96. The van der Waals surface area contributed by atoms with Gasteiger partial charge in [0.1, 0.15) is 23.3 Å². The number of nitrogens with one attached hydrogen (secondary N) is 1. The Labute approximate surface area is 106 Å². The molecule has 0 amide bonds. The van der Waals surface area contributed by atoms with E-state index in [0.717, 1.165) is 17.5 Å². The Morgan fingerprint density at radius 3 is 2.78 bits per heavy atom. The van der Waals surface area contributed by atoms with Crippen LogP contribution in [0.1, 0.15) is 31.4 Å². The van der Waals surface area contributed by atoms with E-state index in [1.54, 1.807) is 12.3 Å². The summed E-state index contributed by atoms with van der Waals surface area (Å²) in [7, 11) is 1.96. The molecule has 2 heterocycles. The summed E-state index contributed by atoms with van der Waals surface area (Å²) in [4.78, 5) is 12.9. The van der Waals surface area contributed by atoms with Crippen LogP contribution in [0.3, 0.4) is 0 Å². The van der Waals surface area contributed by atoms with Crippen molar-refractivity contribution in [1.82, 2.24) is 19.5 Å². The van der Waals surface area contributed by atoms with E-state index in [2.05, 4.69) is 20.3 Å². The molecule has 2 rings (SSSR count). The van der Waals surface area contributed by atoms with Gasteiger partial charge in [-0.2, -0.15) is 0 Å². The molecule has 2 aromatic rings. The van der Waals surface area contributed by atoms with Crippen molar-refractivity contribution in [2.45, 2.75) is 26.3 Å². The first-order valence-corrected chi connectivity index (χ1v) is 5.91. The second-order valence-corrected chi connectivity index (χ2v) is 4.50. The van der Waals surface area contributed by atoms with E-state index in [1.807, 2.05) is 31.7 Å². The Morgan fingerprint density at radius 1 is 1.39 bits per heavy atom. The smallest absolute Gasteiger partial charge is 0.135 e. The van der Waals surface area contributed by atoms with Gasteiger partial charge in [0.05, 0.1) is 6.54 Å². The van der Waals surface area contributed by atoms with Crippen molar-refractivity contribution in [2.75, 3.05) is 11.1 Å². The molecule has 2 aromatic heterocycles. The van der Waals surface area contributed by atoms with Gasteiger partial charge in [0.25, 0.3) is 0 Å². The summed E-state index contributed by atoms with van der Waals surface area (Å²) >= 11 is 0. The summed E-state index contributed by atoms with van der Waals surface area (Å²) in [5.41, 5.74) is 5.76. The molecule has 18 heavy (non-hydrogen) atoms. The van der Waals surface area contributed by atoms with Gasteiger partial charge in [-0.3, -0.25) is 0 Å². The van der Waals surface area contributed by atoms with E-state index in [1.165, 1.54) is 0 Å². The number of hydrogen-bond acceptors (Lipinski definition) is 5. The minimum Gasteiger partial charge on any atom is -0.384 e. The summed E-state index contributed by atoms with van der Waals surface area (Å²) in [5, 5.41) is 3.21. The molecule has 0 aromatic carbocycles. The Morgan fingerprint density at radius 2 is 2.17 bits per heavy atom. The van der Waals surface area contributed by atoms with Gasteiger partial charge in [0, 0.05) is 31.4 Å². The molecule has 6 heteroatoms. The standard InChI is InChI=1S/C12H18N6/c1-8(2)12-16-9(13)6-10(17-12)15-7-11-14-4-5-18(11)3/h4-6,8H,7H2,1-3H3,(H3,13,15,16,17). The average Bonchev–Trinajstić information content (AvgIpc) is 2.71. The lowest BCUT2D eigenvalue weighted by molar-refractivity contribution is 0.772. The van der Waals surface area contributed by atoms with Gasteiger partial charge in [-0.15, -0.1) is 0 Å². The number of aryl methyl sites for hydroxylation is 1. The van der Waals surface area contributed by atoms with E-state index in [0.29, 0.717) is 12.4 Å². The number of hydrogen-bond donors (Lipinski definition) is 2. The van der Waals surface area contributed by atoms with Gasteiger partial charge < -0.3 is 15.6 Å². The van der Waals surface area contributed by atoms with E-state index >= 15 is 0 Å². The number of aromatic nitrogens is 4. The van der Waals surface area contributed by atoms with Crippen molar-refractivity contribution < 1.29 is 0 Å². The molecular formula is C12H18N6. The highest BCUT2D eigenvalue weighted by Gasteiger charge is 2.07. The summed E-state index contributed by atoms with van der Waals surface area (Å²) in [6, 6.07) is 1.73. The van der Waals surface area contributed by atoms with Crippen LogP contribution >= 0.6 is 0 Å². The Balaban J connectivity index is 2.12. The molecule has 0 aliphatic heterocycles. The minimum absolute atomic E-state index is 0.252. The number of nitrogens with zero attached hydrogens (tertiary/aromatic N) is 4. The third-order valence-corrected chi connectivity index (χ3v) is 2.63. The highest BCUT2D eigenvalue weighted by Crippen LogP contribution is 2.15. The summed E-state index contributed by atoms with van der Waals surface area (Å²) in [5.74, 6) is 3.16. The number of rotatable bonds is 4. The van der Waals surface area contributed by atoms with Crippen molar-refractivity contribution in [3.8, 4) is 0 Å². The van der Waals surface area contributed by atoms with E-state index in [4.69, 9.17) is 5.73 Å². The van der Waals surface area contributed by atoms with Crippen LogP contribution in [0.15, 0.2) is 18.5 Å². The lowest BCUT2D eigenvalue weighted by Crippen LogP contribution is -2.10. The monoisotopic (exact) mass is 246 g/mol. The summed E-state index contributed by atoms with van der Waals surface area (Å²) in [6.45, 7) is 4.69. The maximum absolute atomic E-state index is 5.76. The molecule has 96 valence electrons. The molecule has 0 aliphatic carbocycles. The SMILES string of the molecule is CC(C)c1nc(N)cc(NCc2nccn2C)n1. The van der Waals surface area contributed by atoms with Crippen LogP contribution in [0.5, 0.6) is 0 Å². The first-order valence-electron chi connectivity index (χ1n) is 5.91. The maximum Gasteiger partial charge on any atom is 0.135 e. The first kappa shape index (κ1) is 12.3. The Kier molecular flexibility index (Phi) is 3.45. The van der Waals surface area contributed by atoms with Gasteiger partial charge >= 0.3 is 0 Å². The highest BCUT2D eigenvalue weighted by atomic mass is 15.1. The maximum atomic E-state index is 5.76. The molecule has 0 saturated carbocycles. The molecule has 6 nitrogen and oxygen atoms in total. The van der Waals surface area contributed by atoms with Gasteiger partial charge in [-0.05, 0) is 0 Å². The molecule has 0 saturated heterocycles. The molecule has 0 radical (unpaired) electrons. The van der Waals surface area contributed by atoms with Crippen LogP contribution < -0.4 is 11.1 Å². The van der Waals surface area contributed by atoms with Crippen LogP contribution in [0.25, 0.3) is 0 Å². The Hall–Kier alpha value is -2.11. The quantitative estimate of drug-likeness (QED) is 0.855. The van der Waals surface area contributed by atoms with Gasteiger partial charge in [0.15, 0.2) is 0 Å². The molecule has 3 N–H and O–H groups in total. The summed E-state index contributed by atoms with van der Waals surface area (Å²) in [6.07, 6.45) is 3.68. The van der Waals surface area contributed by atoms with Gasteiger partial charge in [0.2, 0.25) is 0 Å². The predicted molar refractivity (Wildman–Crippen MR) is 71.1 cm³/mol. The number of anilines is 2. The fourth-order valence-electron chi connectivity index (χ4n) is 1.57. The molecule has 0 fully saturated rings. The molecule has 0 spiro atoms. The van der Waals surface area contributed by atoms with Gasteiger partial charge in [-0.1, -0.05) is 13.8 Å². The topological polar surface area (TPSA) is 81.6 Å². The minimum atomic E-state index is 0.252. The van der Waals surface area contributed by atoms with E-state index < -0.39 is 0 Å². The van der Waals surface area contributed by atoms with Crippen molar-refractivity contribution in [1.29, 1.82) is 0 Å². The van der Waals surface area contributed by atoms with Crippen molar-refractivity contribution in [3.63, 3.8) is 0 Å². The normalized spacial score (nSPS) is 10.9. The van der Waals surface area contributed by atoms with Crippen molar-refractivity contribution in [3.05, 3.63) is 30.1 Å². The number of nitrogens with two attached hydrogens (primary N) is 1. The van der Waals surface area contributed by atoms with E-state index in [9.17, 15) is 0 Å². The highest BCUT2D eigenvalue weighted by molar-refractivity contribution is 5.44. The fraction of sp³-hybridized carbons (Fsp3) is 0.417. The first-order chi connectivity index (χ1) is 8.56. The van der Waals surface area contributed by atoms with Crippen LogP contribution in [-0.4, -0.2) is 19.5 Å². The zero-order valence-electron chi connectivity index (χ0n) is 10.9. The van der Waals surface area contributed by atoms with Gasteiger partial charge in [-0.25, -0.2) is 15.0 Å². The predicted octanol–water partition coefficient (Wildman–Crippen LogP) is 1.53. The second-order valence-electron chi connectivity index (χ2n) is 4.50. The van der Waals surface area contributed by atoms with E-state index in [-0.39, 0.29) is 5.92 Å². The number of imidazole rings is 1. The molecular weight excluding hydrogens is 228 g/mol. The average molecular weight is 246 g/mol. The van der Waals surface area contributed by atoms with Crippen LogP contribution in [0.2, 0.25) is 0 Å². The molecule has 0 unspecified atom stereocenters. The van der Waals surface area contributed by atoms with Crippen molar-refractivity contribution in [2.24, 2.45) is 7.05 Å². The number of nitrogen functional groups attached to an aromatic ring is 1. The zero-order chi connectivity index (χ0) is 13.1. The molecule has 0 atom stereocenters. The largest absolute Gasteiger partial charge is 0.384 e. The third kappa shape index (κ3) is 2.77. The second kappa shape index (κ2) is 5.03. The third-order valence-electron chi connectivity index (χ3n) is 2.63. The molecule has 0 aliphatic rings. The van der Waals surface area contributed by atoms with Crippen LogP contribution in [0.4, 0.5) is 11.6 Å². The Bertz CT molecular complexity index is 531. The molecule has 0 bridgehead atoms.